The van der Waals surface area contributed by atoms with E-state index in [0.29, 0.717) is 22.0 Å². The first kappa shape index (κ1) is 14.4. The van der Waals surface area contributed by atoms with Gasteiger partial charge in [-0.15, -0.1) is 11.3 Å². The molecule has 0 aromatic carbocycles. The fraction of sp³-hybridized carbons (Fsp3) is 0.500. The Labute approximate surface area is 112 Å². The predicted molar refractivity (Wildman–Crippen MR) is 68.7 cm³/mol. The van der Waals surface area contributed by atoms with Gasteiger partial charge in [-0.3, -0.25) is 0 Å². The fourth-order valence-corrected chi connectivity index (χ4v) is 4.71. The molecule has 1 heterocycles. The van der Waals surface area contributed by atoms with Crippen LogP contribution in [0, 0.1) is 0 Å². The second-order valence-corrected chi connectivity index (χ2v) is 8.06. The highest BCUT2D eigenvalue weighted by molar-refractivity contribution is 9.11. The van der Waals surface area contributed by atoms with Crippen molar-refractivity contribution < 1.29 is 13.2 Å². The van der Waals surface area contributed by atoms with Crippen LogP contribution >= 0.6 is 38.9 Å². The summed E-state index contributed by atoms with van der Waals surface area (Å²) in [7, 11) is -0.419. The molecule has 92 valence electrons. The zero-order valence-electron chi connectivity index (χ0n) is 8.74. The fourth-order valence-electron chi connectivity index (χ4n) is 0.947. The summed E-state index contributed by atoms with van der Waals surface area (Å²) in [6, 6.07) is 1.44. The predicted octanol–water partition coefficient (Wildman–Crippen LogP) is 2.43. The number of halogens is 2. The SMILES string of the molecule is COCCN(C)S(=O)(=O)c1cc(Cl)c(Br)s1. The van der Waals surface area contributed by atoms with Crippen LogP contribution in [-0.4, -0.2) is 40.0 Å². The molecule has 4 nitrogen and oxygen atoms in total. The molecule has 0 radical (unpaired) electrons. The first-order valence-electron chi connectivity index (χ1n) is 4.29. The first-order chi connectivity index (χ1) is 7.39. The Morgan fingerprint density at radius 2 is 2.25 bits per heavy atom. The summed E-state index contributed by atoms with van der Waals surface area (Å²) >= 11 is 10.1. The van der Waals surface area contributed by atoms with Crippen LogP contribution in [0.4, 0.5) is 0 Å². The summed E-state index contributed by atoms with van der Waals surface area (Å²) in [5, 5.41) is 0.406. The molecule has 1 aromatic heterocycles. The van der Waals surface area contributed by atoms with Gasteiger partial charge in [-0.2, -0.15) is 4.31 Å². The van der Waals surface area contributed by atoms with Crippen molar-refractivity contribution in [2.45, 2.75) is 4.21 Å². The van der Waals surface area contributed by atoms with Crippen LogP contribution < -0.4 is 0 Å². The molecular weight excluding hydrogens is 338 g/mol. The van der Waals surface area contributed by atoms with E-state index in [1.807, 2.05) is 0 Å². The number of hydrogen-bond donors (Lipinski definition) is 0. The second-order valence-electron chi connectivity index (χ2n) is 3.01. The van der Waals surface area contributed by atoms with Gasteiger partial charge in [0.1, 0.15) is 4.21 Å². The lowest BCUT2D eigenvalue weighted by Gasteiger charge is -2.14. The number of ether oxygens (including phenoxy) is 1. The topological polar surface area (TPSA) is 46.6 Å². The van der Waals surface area contributed by atoms with Crippen molar-refractivity contribution in [3.05, 3.63) is 14.9 Å². The molecule has 0 unspecified atom stereocenters. The standard InChI is InChI=1S/C8H11BrClNO3S2/c1-11(3-4-14-2)16(12,13)7-5-6(10)8(9)15-7/h5H,3-4H2,1-2H3. The Kier molecular flexibility index (Phi) is 5.21. The van der Waals surface area contributed by atoms with Gasteiger partial charge >= 0.3 is 0 Å². The van der Waals surface area contributed by atoms with Gasteiger partial charge in [0.2, 0.25) is 0 Å². The van der Waals surface area contributed by atoms with Crippen LogP contribution in [0.15, 0.2) is 14.1 Å². The summed E-state index contributed by atoms with van der Waals surface area (Å²) in [6.45, 7) is 0.669. The Balaban J connectivity index is 2.93. The van der Waals surface area contributed by atoms with Crippen molar-refractivity contribution >= 4 is 48.9 Å². The van der Waals surface area contributed by atoms with Crippen LogP contribution in [0.1, 0.15) is 0 Å². The van der Waals surface area contributed by atoms with E-state index >= 15 is 0 Å². The number of hydrogen-bond acceptors (Lipinski definition) is 4. The van der Waals surface area contributed by atoms with Gasteiger partial charge in [0.05, 0.1) is 15.4 Å². The lowest BCUT2D eigenvalue weighted by Crippen LogP contribution is -2.29. The number of methoxy groups -OCH3 is 1. The lowest BCUT2D eigenvalue weighted by atomic mass is 10.7. The molecule has 0 aliphatic carbocycles. The minimum Gasteiger partial charge on any atom is -0.383 e. The number of likely N-dealkylation sites (N-methyl/N-ethyl adjacent to an activating group) is 1. The van der Waals surface area contributed by atoms with Crippen molar-refractivity contribution in [2.24, 2.45) is 0 Å². The number of rotatable bonds is 5. The molecule has 0 bridgehead atoms. The number of sulfonamides is 1. The summed E-state index contributed by atoms with van der Waals surface area (Å²) < 4.78 is 30.9. The molecule has 0 aliphatic rings. The number of thiophene rings is 1. The third-order valence-corrected chi connectivity index (χ3v) is 6.68. The maximum Gasteiger partial charge on any atom is 0.252 e. The van der Waals surface area contributed by atoms with Crippen LogP contribution in [0.3, 0.4) is 0 Å². The van der Waals surface area contributed by atoms with E-state index in [9.17, 15) is 8.42 Å². The van der Waals surface area contributed by atoms with Gasteiger partial charge in [-0.1, -0.05) is 11.6 Å². The molecule has 0 aliphatic heterocycles. The second kappa shape index (κ2) is 5.79. The summed E-state index contributed by atoms with van der Waals surface area (Å²) in [6.07, 6.45) is 0. The molecule has 1 rings (SSSR count). The molecular formula is C8H11BrClNO3S2. The van der Waals surface area contributed by atoms with Crippen molar-refractivity contribution in [2.75, 3.05) is 27.3 Å². The molecule has 0 spiro atoms. The van der Waals surface area contributed by atoms with Crippen LogP contribution in [0.5, 0.6) is 0 Å². The highest BCUT2D eigenvalue weighted by Crippen LogP contribution is 2.35. The number of nitrogens with zero attached hydrogens (tertiary/aromatic N) is 1. The smallest absolute Gasteiger partial charge is 0.252 e. The van der Waals surface area contributed by atoms with E-state index in [4.69, 9.17) is 16.3 Å². The molecule has 16 heavy (non-hydrogen) atoms. The van der Waals surface area contributed by atoms with Gasteiger partial charge in [-0.25, -0.2) is 8.42 Å². The monoisotopic (exact) mass is 347 g/mol. The van der Waals surface area contributed by atoms with Gasteiger partial charge in [0, 0.05) is 20.7 Å². The largest absolute Gasteiger partial charge is 0.383 e. The highest BCUT2D eigenvalue weighted by Gasteiger charge is 2.23. The van der Waals surface area contributed by atoms with Gasteiger partial charge in [0.25, 0.3) is 10.0 Å². The summed E-state index contributed by atoms with van der Waals surface area (Å²) in [4.78, 5) is 0. The summed E-state index contributed by atoms with van der Waals surface area (Å²) in [5.41, 5.74) is 0. The van der Waals surface area contributed by atoms with E-state index in [2.05, 4.69) is 15.9 Å². The van der Waals surface area contributed by atoms with Crippen LogP contribution in [-0.2, 0) is 14.8 Å². The van der Waals surface area contributed by atoms with Crippen molar-refractivity contribution in [3.63, 3.8) is 0 Å². The summed E-state index contributed by atoms with van der Waals surface area (Å²) in [5.74, 6) is 0. The molecule has 1 aromatic rings. The molecule has 0 amide bonds. The minimum absolute atomic E-state index is 0.225. The van der Waals surface area contributed by atoms with Crippen molar-refractivity contribution in [3.8, 4) is 0 Å². The van der Waals surface area contributed by atoms with Crippen molar-refractivity contribution in [1.82, 2.24) is 4.31 Å². The molecule has 0 atom stereocenters. The molecule has 8 heteroatoms. The van der Waals surface area contributed by atoms with Crippen LogP contribution in [0.2, 0.25) is 5.02 Å². The lowest BCUT2D eigenvalue weighted by molar-refractivity contribution is 0.185. The first-order valence-corrected chi connectivity index (χ1v) is 7.72. The molecule has 0 N–H and O–H groups in total. The van der Waals surface area contributed by atoms with Gasteiger partial charge in [-0.05, 0) is 22.0 Å². The third kappa shape index (κ3) is 3.18. The van der Waals surface area contributed by atoms with E-state index in [1.165, 1.54) is 24.5 Å². The Hall–Kier alpha value is 0.340. The maximum atomic E-state index is 12.0. The Morgan fingerprint density at radius 1 is 1.62 bits per heavy atom. The molecule has 0 saturated carbocycles. The average molecular weight is 349 g/mol. The van der Waals surface area contributed by atoms with E-state index in [-0.39, 0.29) is 4.21 Å². The van der Waals surface area contributed by atoms with E-state index in [1.54, 1.807) is 0 Å². The molecule has 0 fully saturated rings. The van der Waals surface area contributed by atoms with Crippen LogP contribution in [0.25, 0.3) is 0 Å². The van der Waals surface area contributed by atoms with E-state index in [0.717, 1.165) is 11.3 Å². The zero-order valence-corrected chi connectivity index (χ0v) is 12.7. The highest BCUT2D eigenvalue weighted by atomic mass is 79.9. The zero-order chi connectivity index (χ0) is 12.3. The quantitative estimate of drug-likeness (QED) is 0.821. The van der Waals surface area contributed by atoms with Gasteiger partial charge in [0.15, 0.2) is 0 Å². The molecule has 0 saturated heterocycles. The van der Waals surface area contributed by atoms with Crippen molar-refractivity contribution in [1.29, 1.82) is 0 Å². The third-order valence-electron chi connectivity index (χ3n) is 1.90. The Bertz CT molecular complexity index is 440. The maximum absolute atomic E-state index is 12.0. The van der Waals surface area contributed by atoms with Gasteiger partial charge < -0.3 is 4.74 Å². The average Bonchev–Trinajstić information content (AvgIpc) is 2.56. The normalized spacial score (nSPS) is 12.3. The van der Waals surface area contributed by atoms with E-state index < -0.39 is 10.0 Å². The Morgan fingerprint density at radius 3 is 2.69 bits per heavy atom. The minimum atomic E-state index is -3.46.